The first-order valence-corrected chi connectivity index (χ1v) is 6.93. The summed E-state index contributed by atoms with van der Waals surface area (Å²) < 4.78 is 5.57. The molecule has 5 heteroatoms. The first kappa shape index (κ1) is 17.0. The molecule has 5 nitrogen and oxygen atoms in total. The molecule has 1 rings (SSSR count). The Morgan fingerprint density at radius 3 is 2.38 bits per heavy atom. The number of amides is 1. The first-order valence-electron chi connectivity index (χ1n) is 6.93. The van der Waals surface area contributed by atoms with Gasteiger partial charge < -0.3 is 15.2 Å². The molecule has 1 aromatic carbocycles. The number of carbonyl (C=O) groups is 2. The van der Waals surface area contributed by atoms with Crippen LogP contribution in [0.5, 0.6) is 5.75 Å². The summed E-state index contributed by atoms with van der Waals surface area (Å²) in [6.07, 6.45) is -0.0583. The number of nitrogens with one attached hydrogen (secondary N) is 1. The predicted octanol–water partition coefficient (Wildman–Crippen LogP) is 2.38. The van der Waals surface area contributed by atoms with Crippen molar-refractivity contribution in [1.29, 1.82) is 0 Å². The van der Waals surface area contributed by atoms with E-state index in [1.54, 1.807) is 0 Å². The Morgan fingerprint density at radius 2 is 1.86 bits per heavy atom. The molecule has 21 heavy (non-hydrogen) atoms. The van der Waals surface area contributed by atoms with Gasteiger partial charge in [0.1, 0.15) is 12.4 Å². The third-order valence-corrected chi connectivity index (χ3v) is 3.11. The van der Waals surface area contributed by atoms with Gasteiger partial charge in [-0.1, -0.05) is 17.7 Å². The minimum absolute atomic E-state index is 0.0583. The molecule has 0 radical (unpaired) electrons. The van der Waals surface area contributed by atoms with Crippen LogP contribution in [0.1, 0.15) is 32.8 Å². The number of ether oxygens (including phenoxy) is 1. The fourth-order valence-corrected chi connectivity index (χ4v) is 1.70. The molecule has 0 saturated carbocycles. The van der Waals surface area contributed by atoms with Crippen LogP contribution < -0.4 is 10.1 Å². The molecule has 0 bridgehead atoms. The summed E-state index contributed by atoms with van der Waals surface area (Å²) in [5.41, 5.74) is 0.0846. The van der Waals surface area contributed by atoms with Crippen molar-refractivity contribution in [3.63, 3.8) is 0 Å². The highest BCUT2D eigenvalue weighted by molar-refractivity contribution is 5.84. The molecule has 1 aromatic rings. The van der Waals surface area contributed by atoms with Crippen molar-refractivity contribution in [3.05, 3.63) is 29.8 Å². The summed E-state index contributed by atoms with van der Waals surface area (Å²) in [7, 11) is 0. The van der Waals surface area contributed by atoms with Gasteiger partial charge in [0.2, 0.25) is 5.91 Å². The van der Waals surface area contributed by atoms with Gasteiger partial charge in [0, 0.05) is 6.42 Å². The molecular weight excluding hydrogens is 270 g/mol. The lowest BCUT2D eigenvalue weighted by Gasteiger charge is -2.20. The second-order valence-corrected chi connectivity index (χ2v) is 5.96. The van der Waals surface area contributed by atoms with E-state index in [1.165, 1.54) is 13.8 Å². The highest BCUT2D eigenvalue weighted by atomic mass is 16.5. The maximum atomic E-state index is 11.8. The van der Waals surface area contributed by atoms with Crippen molar-refractivity contribution in [1.82, 2.24) is 5.32 Å². The molecule has 116 valence electrons. The van der Waals surface area contributed by atoms with Gasteiger partial charge in [0.15, 0.2) is 0 Å². The van der Waals surface area contributed by atoms with Crippen LogP contribution >= 0.6 is 0 Å². The van der Waals surface area contributed by atoms with Gasteiger partial charge in [-0.05, 0) is 39.8 Å². The zero-order chi connectivity index (χ0) is 16.0. The lowest BCUT2D eigenvalue weighted by molar-refractivity contribution is -0.149. The number of aryl methyl sites for hydroxylation is 1. The third kappa shape index (κ3) is 5.85. The SMILES string of the molecule is Cc1ccc(OCC(C)NC(=O)CC(C)(C)C(=O)O)cc1. The Bertz CT molecular complexity index is 494. The Kier molecular flexibility index (Phi) is 5.76. The maximum absolute atomic E-state index is 11.8. The fourth-order valence-electron chi connectivity index (χ4n) is 1.70. The number of carboxylic acid groups (broad SMARTS) is 1. The van der Waals surface area contributed by atoms with Crippen molar-refractivity contribution < 1.29 is 19.4 Å². The Morgan fingerprint density at radius 1 is 1.29 bits per heavy atom. The molecule has 0 heterocycles. The second-order valence-electron chi connectivity index (χ2n) is 5.96. The van der Waals surface area contributed by atoms with Crippen LogP contribution in [0, 0.1) is 12.3 Å². The standard InChI is InChI=1S/C16H23NO4/c1-11-5-7-13(8-6-11)21-10-12(2)17-14(18)9-16(3,4)15(19)20/h5-8,12H,9-10H2,1-4H3,(H,17,18)(H,19,20). The minimum atomic E-state index is -1.07. The quantitative estimate of drug-likeness (QED) is 0.809. The summed E-state index contributed by atoms with van der Waals surface area (Å²) in [4.78, 5) is 22.8. The van der Waals surface area contributed by atoms with E-state index in [0.29, 0.717) is 6.61 Å². The largest absolute Gasteiger partial charge is 0.491 e. The lowest BCUT2D eigenvalue weighted by atomic mass is 9.89. The van der Waals surface area contributed by atoms with Crippen molar-refractivity contribution in [2.45, 2.75) is 40.2 Å². The van der Waals surface area contributed by atoms with Gasteiger partial charge in [-0.3, -0.25) is 9.59 Å². The average molecular weight is 293 g/mol. The lowest BCUT2D eigenvalue weighted by Crippen LogP contribution is -2.40. The van der Waals surface area contributed by atoms with Crippen LogP contribution in [-0.4, -0.2) is 29.6 Å². The van der Waals surface area contributed by atoms with Crippen LogP contribution in [0.2, 0.25) is 0 Å². The van der Waals surface area contributed by atoms with Crippen molar-refractivity contribution in [3.8, 4) is 5.75 Å². The van der Waals surface area contributed by atoms with E-state index < -0.39 is 11.4 Å². The normalized spacial score (nSPS) is 12.6. The number of carboxylic acids is 1. The molecule has 2 N–H and O–H groups in total. The molecule has 1 unspecified atom stereocenters. The zero-order valence-corrected chi connectivity index (χ0v) is 13.0. The number of carbonyl (C=O) groups excluding carboxylic acids is 1. The van der Waals surface area contributed by atoms with Gasteiger partial charge in [-0.25, -0.2) is 0 Å². The summed E-state index contributed by atoms with van der Waals surface area (Å²) in [6, 6.07) is 7.46. The van der Waals surface area contributed by atoms with Crippen molar-refractivity contribution in [2.75, 3.05) is 6.61 Å². The summed E-state index contributed by atoms with van der Waals surface area (Å²) in [5.74, 6) is -0.531. The number of benzene rings is 1. The number of hydrogen-bond acceptors (Lipinski definition) is 3. The van der Waals surface area contributed by atoms with E-state index in [9.17, 15) is 9.59 Å². The Hall–Kier alpha value is -2.04. The van der Waals surface area contributed by atoms with E-state index >= 15 is 0 Å². The molecule has 0 saturated heterocycles. The van der Waals surface area contributed by atoms with E-state index in [0.717, 1.165) is 11.3 Å². The van der Waals surface area contributed by atoms with Gasteiger partial charge >= 0.3 is 5.97 Å². The van der Waals surface area contributed by atoms with E-state index in [-0.39, 0.29) is 18.4 Å². The topological polar surface area (TPSA) is 75.6 Å². The first-order chi connectivity index (χ1) is 9.70. The summed E-state index contributed by atoms with van der Waals surface area (Å²) in [5, 5.41) is 11.7. The molecule has 0 aromatic heterocycles. The zero-order valence-electron chi connectivity index (χ0n) is 13.0. The van der Waals surface area contributed by atoms with Crippen molar-refractivity contribution >= 4 is 11.9 Å². The molecule has 0 aliphatic heterocycles. The summed E-state index contributed by atoms with van der Waals surface area (Å²) in [6.45, 7) is 7.21. The molecule has 1 amide bonds. The monoisotopic (exact) mass is 293 g/mol. The van der Waals surface area contributed by atoms with E-state index in [1.807, 2.05) is 38.1 Å². The highest BCUT2D eigenvalue weighted by Crippen LogP contribution is 2.20. The molecule has 0 spiro atoms. The number of aliphatic carboxylic acids is 1. The number of hydrogen-bond donors (Lipinski definition) is 2. The molecule has 0 aliphatic rings. The second kappa shape index (κ2) is 7.11. The van der Waals surface area contributed by atoms with Gasteiger partial charge in [-0.15, -0.1) is 0 Å². The van der Waals surface area contributed by atoms with Crippen LogP contribution in [0.3, 0.4) is 0 Å². The van der Waals surface area contributed by atoms with E-state index in [2.05, 4.69) is 5.32 Å². The highest BCUT2D eigenvalue weighted by Gasteiger charge is 2.30. The van der Waals surface area contributed by atoms with Crippen LogP contribution in [0.15, 0.2) is 24.3 Å². The molecular formula is C16H23NO4. The van der Waals surface area contributed by atoms with Gasteiger partial charge in [-0.2, -0.15) is 0 Å². The number of rotatable bonds is 7. The van der Waals surface area contributed by atoms with Crippen LogP contribution in [0.4, 0.5) is 0 Å². The fraction of sp³-hybridized carbons (Fsp3) is 0.500. The maximum Gasteiger partial charge on any atom is 0.309 e. The molecule has 1 atom stereocenters. The minimum Gasteiger partial charge on any atom is -0.491 e. The molecule has 0 aliphatic carbocycles. The van der Waals surface area contributed by atoms with E-state index in [4.69, 9.17) is 9.84 Å². The van der Waals surface area contributed by atoms with Gasteiger partial charge in [0.05, 0.1) is 11.5 Å². The molecule has 0 fully saturated rings. The third-order valence-electron chi connectivity index (χ3n) is 3.11. The predicted molar refractivity (Wildman–Crippen MR) is 80.3 cm³/mol. The van der Waals surface area contributed by atoms with Crippen LogP contribution in [-0.2, 0) is 9.59 Å². The average Bonchev–Trinajstić information content (AvgIpc) is 2.37. The van der Waals surface area contributed by atoms with Crippen LogP contribution in [0.25, 0.3) is 0 Å². The summed E-state index contributed by atoms with van der Waals surface area (Å²) >= 11 is 0. The van der Waals surface area contributed by atoms with Gasteiger partial charge in [0.25, 0.3) is 0 Å². The van der Waals surface area contributed by atoms with Crippen molar-refractivity contribution in [2.24, 2.45) is 5.41 Å². The Labute approximate surface area is 125 Å². The smallest absolute Gasteiger partial charge is 0.309 e. The Balaban J connectivity index is 2.39.